The molecule has 6 nitrogen and oxygen atoms in total. The summed E-state index contributed by atoms with van der Waals surface area (Å²) in [5.74, 6) is 0.629. The smallest absolute Gasteiger partial charge is 0.278 e. The van der Waals surface area contributed by atoms with E-state index in [1.165, 1.54) is 4.90 Å². The minimum Gasteiger partial charge on any atom is -0.495 e. The van der Waals surface area contributed by atoms with Gasteiger partial charge in [0.2, 0.25) is 0 Å². The number of nitrogens with zero attached hydrogens (tertiary/aromatic N) is 1. The zero-order valence-electron chi connectivity index (χ0n) is 16.5. The van der Waals surface area contributed by atoms with Gasteiger partial charge in [0, 0.05) is 6.04 Å². The molecule has 1 N–H and O–H groups in total. The monoisotopic (exact) mass is 380 g/mol. The van der Waals surface area contributed by atoms with Gasteiger partial charge in [-0.2, -0.15) is 0 Å². The minimum absolute atomic E-state index is 0.243. The summed E-state index contributed by atoms with van der Waals surface area (Å²) in [5.41, 5.74) is 1.86. The van der Waals surface area contributed by atoms with Crippen molar-refractivity contribution < 1.29 is 19.1 Å². The lowest BCUT2D eigenvalue weighted by molar-refractivity contribution is -0.138. The number of ether oxygens (including phenoxy) is 2. The molecule has 0 atom stereocenters. The van der Waals surface area contributed by atoms with Crippen molar-refractivity contribution in [2.24, 2.45) is 0 Å². The first kappa shape index (κ1) is 19.5. The van der Waals surface area contributed by atoms with Gasteiger partial charge in [0.25, 0.3) is 11.8 Å². The summed E-state index contributed by atoms with van der Waals surface area (Å²) in [4.78, 5) is 27.4. The Labute approximate surface area is 164 Å². The van der Waals surface area contributed by atoms with Crippen LogP contribution in [0.2, 0.25) is 0 Å². The van der Waals surface area contributed by atoms with E-state index >= 15 is 0 Å². The van der Waals surface area contributed by atoms with Crippen LogP contribution >= 0.6 is 0 Å². The number of carbonyl (C=O) groups excluding carboxylic acids is 2. The predicted molar refractivity (Wildman–Crippen MR) is 108 cm³/mol. The highest BCUT2D eigenvalue weighted by Crippen LogP contribution is 2.34. The number of methoxy groups -OCH3 is 1. The van der Waals surface area contributed by atoms with Crippen LogP contribution in [0, 0.1) is 0 Å². The summed E-state index contributed by atoms with van der Waals surface area (Å²) in [7, 11) is 1.56. The third kappa shape index (κ3) is 3.58. The molecule has 0 fully saturated rings. The molecule has 146 valence electrons. The molecule has 0 saturated carbocycles. The van der Waals surface area contributed by atoms with E-state index in [0.29, 0.717) is 34.9 Å². The van der Waals surface area contributed by atoms with Crippen molar-refractivity contribution >= 4 is 23.1 Å². The molecular weight excluding hydrogens is 356 g/mol. The van der Waals surface area contributed by atoms with Crippen LogP contribution in [0.15, 0.2) is 54.2 Å². The van der Waals surface area contributed by atoms with E-state index in [0.717, 1.165) is 0 Å². The summed E-state index contributed by atoms with van der Waals surface area (Å²) in [6, 6.07) is 14.2. The maximum atomic E-state index is 13.1. The molecule has 2 amide bonds. The average Bonchev–Trinajstić information content (AvgIpc) is 2.93. The van der Waals surface area contributed by atoms with Gasteiger partial charge in [-0.3, -0.25) is 14.5 Å². The standard InChI is InChI=1S/C22H24N2O4/c1-5-28-16-12-10-15(11-13-16)19-20(22(26)24(14(2)3)21(19)25)23-17-8-6-7-9-18(17)27-4/h6-14,23H,5H2,1-4H3. The summed E-state index contributed by atoms with van der Waals surface area (Å²) < 4.78 is 10.8. The first-order valence-electron chi connectivity index (χ1n) is 9.23. The van der Waals surface area contributed by atoms with Crippen LogP contribution in [0.4, 0.5) is 5.69 Å². The van der Waals surface area contributed by atoms with Gasteiger partial charge in [0.15, 0.2) is 0 Å². The molecule has 0 spiro atoms. The summed E-state index contributed by atoms with van der Waals surface area (Å²) in [6.45, 7) is 6.10. The molecule has 1 heterocycles. The second-order valence-electron chi connectivity index (χ2n) is 6.61. The van der Waals surface area contributed by atoms with Crippen molar-refractivity contribution in [1.29, 1.82) is 0 Å². The lowest BCUT2D eigenvalue weighted by atomic mass is 10.0. The largest absolute Gasteiger partial charge is 0.495 e. The second kappa shape index (κ2) is 8.17. The number of carbonyl (C=O) groups is 2. The van der Waals surface area contributed by atoms with Crippen LogP contribution < -0.4 is 14.8 Å². The van der Waals surface area contributed by atoms with Gasteiger partial charge in [0.05, 0.1) is 25.0 Å². The number of imide groups is 1. The van der Waals surface area contributed by atoms with Gasteiger partial charge in [-0.15, -0.1) is 0 Å². The molecule has 1 aliphatic rings. The molecular formula is C22H24N2O4. The van der Waals surface area contributed by atoms with Crippen LogP contribution in [0.1, 0.15) is 26.3 Å². The van der Waals surface area contributed by atoms with Crippen LogP contribution in [0.3, 0.4) is 0 Å². The molecule has 3 rings (SSSR count). The third-order valence-electron chi connectivity index (χ3n) is 4.45. The molecule has 0 aliphatic carbocycles. The Kier molecular flexibility index (Phi) is 5.68. The van der Waals surface area contributed by atoms with Crippen molar-refractivity contribution in [2.75, 3.05) is 19.0 Å². The maximum Gasteiger partial charge on any atom is 0.278 e. The first-order valence-corrected chi connectivity index (χ1v) is 9.23. The fraction of sp³-hybridized carbons (Fsp3) is 0.273. The normalized spacial score (nSPS) is 14.1. The van der Waals surface area contributed by atoms with E-state index in [2.05, 4.69) is 5.32 Å². The highest BCUT2D eigenvalue weighted by atomic mass is 16.5. The molecule has 28 heavy (non-hydrogen) atoms. The zero-order valence-corrected chi connectivity index (χ0v) is 16.5. The van der Waals surface area contributed by atoms with Crippen LogP contribution in [0.25, 0.3) is 5.57 Å². The molecule has 2 aromatic carbocycles. The number of nitrogens with one attached hydrogen (secondary N) is 1. The SMILES string of the molecule is CCOc1ccc(C2=C(Nc3ccccc3OC)C(=O)N(C(C)C)C2=O)cc1. The minimum atomic E-state index is -0.352. The van der Waals surface area contributed by atoms with E-state index in [1.807, 2.05) is 32.9 Å². The fourth-order valence-electron chi connectivity index (χ4n) is 3.17. The molecule has 0 saturated heterocycles. The number of rotatable bonds is 7. The Morgan fingerprint density at radius 2 is 1.68 bits per heavy atom. The molecule has 0 bridgehead atoms. The lowest BCUT2D eigenvalue weighted by Crippen LogP contribution is -2.38. The molecule has 1 aliphatic heterocycles. The Hall–Kier alpha value is -3.28. The van der Waals surface area contributed by atoms with Crippen LogP contribution in [0.5, 0.6) is 11.5 Å². The highest BCUT2D eigenvalue weighted by Gasteiger charge is 2.40. The number of amides is 2. The van der Waals surface area contributed by atoms with E-state index in [9.17, 15) is 9.59 Å². The number of hydrogen-bond donors (Lipinski definition) is 1. The number of anilines is 1. The third-order valence-corrected chi connectivity index (χ3v) is 4.45. The lowest BCUT2D eigenvalue weighted by Gasteiger charge is -2.19. The highest BCUT2D eigenvalue weighted by molar-refractivity contribution is 6.36. The summed E-state index contributed by atoms with van der Waals surface area (Å²) in [6.07, 6.45) is 0. The first-order chi connectivity index (χ1) is 13.5. The van der Waals surface area contributed by atoms with Crippen molar-refractivity contribution in [3.63, 3.8) is 0 Å². The van der Waals surface area contributed by atoms with Crippen molar-refractivity contribution in [3.8, 4) is 11.5 Å². The van der Waals surface area contributed by atoms with E-state index < -0.39 is 0 Å². The van der Waals surface area contributed by atoms with E-state index in [1.54, 1.807) is 43.5 Å². The quantitative estimate of drug-likeness (QED) is 0.742. The average molecular weight is 380 g/mol. The predicted octanol–water partition coefficient (Wildman–Crippen LogP) is 3.69. The van der Waals surface area contributed by atoms with Crippen LogP contribution in [-0.2, 0) is 9.59 Å². The van der Waals surface area contributed by atoms with Crippen molar-refractivity contribution in [1.82, 2.24) is 4.90 Å². The number of para-hydroxylation sites is 2. The zero-order chi connectivity index (χ0) is 20.3. The molecule has 0 aromatic heterocycles. The van der Waals surface area contributed by atoms with Gasteiger partial charge in [-0.25, -0.2) is 0 Å². The van der Waals surface area contributed by atoms with Gasteiger partial charge < -0.3 is 14.8 Å². The van der Waals surface area contributed by atoms with Crippen molar-refractivity contribution in [3.05, 3.63) is 59.8 Å². The topological polar surface area (TPSA) is 67.9 Å². The molecule has 6 heteroatoms. The van der Waals surface area contributed by atoms with E-state index in [4.69, 9.17) is 9.47 Å². The van der Waals surface area contributed by atoms with Gasteiger partial charge in [0.1, 0.15) is 17.2 Å². The van der Waals surface area contributed by atoms with E-state index in [-0.39, 0.29) is 23.6 Å². The Balaban J connectivity index is 2.08. The Morgan fingerprint density at radius 1 is 1.00 bits per heavy atom. The maximum absolute atomic E-state index is 13.1. The van der Waals surface area contributed by atoms with Gasteiger partial charge >= 0.3 is 0 Å². The summed E-state index contributed by atoms with van der Waals surface area (Å²) in [5, 5.41) is 3.13. The number of benzene rings is 2. The Bertz CT molecular complexity index is 916. The fourth-order valence-corrected chi connectivity index (χ4v) is 3.17. The van der Waals surface area contributed by atoms with Crippen LogP contribution in [-0.4, -0.2) is 36.5 Å². The van der Waals surface area contributed by atoms with Gasteiger partial charge in [-0.05, 0) is 50.6 Å². The summed E-state index contributed by atoms with van der Waals surface area (Å²) >= 11 is 0. The second-order valence-corrected chi connectivity index (χ2v) is 6.61. The number of hydrogen-bond acceptors (Lipinski definition) is 5. The van der Waals surface area contributed by atoms with Gasteiger partial charge in [-0.1, -0.05) is 24.3 Å². The molecule has 0 unspecified atom stereocenters. The molecule has 0 radical (unpaired) electrons. The van der Waals surface area contributed by atoms with Crippen molar-refractivity contribution in [2.45, 2.75) is 26.8 Å². The Morgan fingerprint density at radius 3 is 2.29 bits per heavy atom. The molecule has 2 aromatic rings.